The van der Waals surface area contributed by atoms with Crippen LogP contribution in [0.25, 0.3) is 0 Å². The Labute approximate surface area is 89.7 Å². The van der Waals surface area contributed by atoms with E-state index in [1.165, 1.54) is 0 Å². The summed E-state index contributed by atoms with van der Waals surface area (Å²) >= 11 is 12.4. The Bertz CT molecular complexity index is 294. The highest BCUT2D eigenvalue weighted by molar-refractivity contribution is 7.50. The van der Waals surface area contributed by atoms with Crippen molar-refractivity contribution in [3.05, 3.63) is 24.3 Å². The van der Waals surface area contributed by atoms with Gasteiger partial charge in [0.15, 0.2) is 0 Å². The molecule has 0 heterocycles. The maximum atomic E-state index is 6.19. The van der Waals surface area contributed by atoms with Crippen LogP contribution in [0, 0.1) is 0 Å². The van der Waals surface area contributed by atoms with Gasteiger partial charge in [-0.2, -0.15) is 0 Å². The summed E-state index contributed by atoms with van der Waals surface area (Å²) in [5, 5.41) is 1.07. The van der Waals surface area contributed by atoms with Gasteiger partial charge >= 0.3 is 0 Å². The molecule has 0 unspecified atom stereocenters. The summed E-state index contributed by atoms with van der Waals surface area (Å²) < 4.78 is 0. The Morgan fingerprint density at radius 1 is 1.15 bits per heavy atom. The van der Waals surface area contributed by atoms with Crippen molar-refractivity contribution in [2.24, 2.45) is 0 Å². The van der Waals surface area contributed by atoms with Gasteiger partial charge in [-0.3, -0.25) is 0 Å². The summed E-state index contributed by atoms with van der Waals surface area (Å²) in [5.41, 5.74) is 1.11. The van der Waals surface area contributed by atoms with Crippen LogP contribution in [0.2, 0.25) is 6.55 Å². The molecule has 0 aliphatic heterocycles. The molecule has 4 heteroatoms. The highest BCUT2D eigenvalue weighted by atomic mass is 35.7. The second kappa shape index (κ2) is 3.90. The lowest BCUT2D eigenvalue weighted by Gasteiger charge is -2.21. The number of halogens is 2. The maximum Gasteiger partial charge on any atom is 0.279 e. The van der Waals surface area contributed by atoms with E-state index in [4.69, 9.17) is 22.2 Å². The van der Waals surface area contributed by atoms with Crippen LogP contribution in [-0.4, -0.2) is 20.8 Å². The van der Waals surface area contributed by atoms with Crippen molar-refractivity contribution in [2.45, 2.75) is 6.55 Å². The first-order valence-electron chi connectivity index (χ1n) is 4.07. The van der Waals surface area contributed by atoms with Gasteiger partial charge in [-0.15, -0.1) is 22.2 Å². The van der Waals surface area contributed by atoms with E-state index in [0.29, 0.717) is 0 Å². The quantitative estimate of drug-likeness (QED) is 0.561. The van der Waals surface area contributed by atoms with Gasteiger partial charge in [0.25, 0.3) is 6.69 Å². The van der Waals surface area contributed by atoms with E-state index >= 15 is 0 Å². The molecule has 0 aliphatic carbocycles. The molecule has 0 saturated carbocycles. The molecular weight excluding hydrogens is 221 g/mol. The SMILES string of the molecule is CN(C)c1ccccc1[Si](C)(Cl)Cl. The highest BCUT2D eigenvalue weighted by Gasteiger charge is 2.27. The van der Waals surface area contributed by atoms with E-state index in [2.05, 4.69) is 0 Å². The lowest BCUT2D eigenvalue weighted by atomic mass is 10.3. The number of para-hydroxylation sites is 1. The zero-order valence-electron chi connectivity index (χ0n) is 8.01. The standard InChI is InChI=1S/C9H13Cl2NSi/c1-12(2)8-6-4-5-7-9(8)13(3,10)11/h4-7H,1-3H3. The number of anilines is 1. The molecule has 0 N–H and O–H groups in total. The summed E-state index contributed by atoms with van der Waals surface area (Å²) in [6, 6.07) is 8.00. The topological polar surface area (TPSA) is 3.24 Å². The molecule has 0 fully saturated rings. The Hall–Kier alpha value is -0.183. The smallest absolute Gasteiger partial charge is 0.279 e. The zero-order valence-corrected chi connectivity index (χ0v) is 10.5. The summed E-state index contributed by atoms with van der Waals surface area (Å²) in [6.45, 7) is -0.323. The van der Waals surface area contributed by atoms with Gasteiger partial charge < -0.3 is 4.90 Å². The Morgan fingerprint density at radius 3 is 2.08 bits per heavy atom. The number of hydrogen-bond acceptors (Lipinski definition) is 1. The van der Waals surface area contributed by atoms with E-state index in [1.54, 1.807) is 0 Å². The lowest BCUT2D eigenvalue weighted by Crippen LogP contribution is -2.36. The third-order valence-corrected chi connectivity index (χ3v) is 4.45. The molecule has 0 atom stereocenters. The predicted octanol–water partition coefficient (Wildman–Crippen LogP) is 2.51. The van der Waals surface area contributed by atoms with Crippen LogP contribution >= 0.6 is 22.2 Å². The van der Waals surface area contributed by atoms with Gasteiger partial charge in [0.2, 0.25) is 0 Å². The molecule has 0 aliphatic rings. The van der Waals surface area contributed by atoms with Crippen molar-refractivity contribution < 1.29 is 0 Å². The molecule has 1 rings (SSSR count). The van der Waals surface area contributed by atoms with Crippen molar-refractivity contribution in [1.82, 2.24) is 0 Å². The molecule has 1 aromatic rings. The van der Waals surface area contributed by atoms with Crippen LogP contribution in [0.3, 0.4) is 0 Å². The summed E-state index contributed by atoms with van der Waals surface area (Å²) in [7, 11) is 3.99. The molecule has 0 spiro atoms. The third-order valence-electron chi connectivity index (χ3n) is 1.86. The van der Waals surface area contributed by atoms with Crippen LogP contribution in [0.5, 0.6) is 0 Å². The monoisotopic (exact) mass is 233 g/mol. The normalized spacial score (nSPS) is 11.5. The van der Waals surface area contributed by atoms with E-state index in [0.717, 1.165) is 10.9 Å². The fourth-order valence-corrected chi connectivity index (χ4v) is 3.34. The van der Waals surface area contributed by atoms with Gasteiger partial charge in [-0.1, -0.05) is 18.2 Å². The van der Waals surface area contributed by atoms with Gasteiger partial charge in [-0.05, 0) is 17.8 Å². The van der Waals surface area contributed by atoms with Crippen LogP contribution in [0.4, 0.5) is 5.69 Å². The average Bonchev–Trinajstić information content (AvgIpc) is 2.03. The zero-order chi connectivity index (χ0) is 10.1. The second-order valence-electron chi connectivity index (χ2n) is 3.30. The first-order valence-corrected chi connectivity index (χ1v) is 8.60. The molecular formula is C9H13Cl2NSi. The largest absolute Gasteiger partial charge is 0.378 e. The number of hydrogen-bond donors (Lipinski definition) is 0. The second-order valence-corrected chi connectivity index (χ2v) is 10.7. The Balaban J connectivity index is 3.20. The Morgan fingerprint density at radius 2 is 1.69 bits per heavy atom. The molecule has 0 saturated heterocycles. The predicted molar refractivity (Wildman–Crippen MR) is 63.7 cm³/mol. The number of nitrogens with zero attached hydrogens (tertiary/aromatic N) is 1. The fourth-order valence-electron chi connectivity index (χ4n) is 1.23. The maximum absolute atomic E-state index is 6.19. The minimum atomic E-state index is -2.24. The van der Waals surface area contributed by atoms with Gasteiger partial charge in [0.1, 0.15) is 0 Å². The molecule has 0 radical (unpaired) electrons. The molecule has 1 nitrogen and oxygen atoms in total. The summed E-state index contributed by atoms with van der Waals surface area (Å²) in [6.07, 6.45) is 0. The van der Waals surface area contributed by atoms with Gasteiger partial charge in [0.05, 0.1) is 0 Å². The summed E-state index contributed by atoms with van der Waals surface area (Å²) in [4.78, 5) is 2.03. The molecule has 0 aromatic heterocycles. The average molecular weight is 234 g/mol. The fraction of sp³-hybridized carbons (Fsp3) is 0.333. The van der Waals surface area contributed by atoms with Crippen molar-refractivity contribution in [3.8, 4) is 0 Å². The van der Waals surface area contributed by atoms with Crippen LogP contribution in [0.1, 0.15) is 0 Å². The van der Waals surface area contributed by atoms with Gasteiger partial charge in [-0.25, -0.2) is 0 Å². The lowest BCUT2D eigenvalue weighted by molar-refractivity contribution is 1.14. The molecule has 0 bridgehead atoms. The molecule has 72 valence electrons. The first kappa shape index (κ1) is 10.9. The van der Waals surface area contributed by atoms with Crippen molar-refractivity contribution in [1.29, 1.82) is 0 Å². The van der Waals surface area contributed by atoms with E-state index in [9.17, 15) is 0 Å². The first-order chi connectivity index (χ1) is 5.93. The molecule has 0 amide bonds. The van der Waals surface area contributed by atoms with Crippen LogP contribution in [0.15, 0.2) is 24.3 Å². The Kier molecular flexibility index (Phi) is 3.27. The van der Waals surface area contributed by atoms with Crippen molar-refractivity contribution in [2.75, 3.05) is 19.0 Å². The number of rotatable bonds is 2. The van der Waals surface area contributed by atoms with E-state index in [1.807, 2.05) is 49.8 Å². The van der Waals surface area contributed by atoms with E-state index < -0.39 is 6.69 Å². The highest BCUT2D eigenvalue weighted by Crippen LogP contribution is 2.20. The van der Waals surface area contributed by atoms with Gasteiger partial charge in [0, 0.05) is 19.8 Å². The van der Waals surface area contributed by atoms with E-state index in [-0.39, 0.29) is 0 Å². The van der Waals surface area contributed by atoms with Crippen LogP contribution < -0.4 is 10.1 Å². The van der Waals surface area contributed by atoms with Crippen LogP contribution in [-0.2, 0) is 0 Å². The molecule has 13 heavy (non-hydrogen) atoms. The minimum absolute atomic E-state index is 1.07. The number of benzene rings is 1. The van der Waals surface area contributed by atoms with Crippen molar-refractivity contribution in [3.63, 3.8) is 0 Å². The van der Waals surface area contributed by atoms with Crippen molar-refractivity contribution >= 4 is 39.7 Å². The summed E-state index contributed by atoms with van der Waals surface area (Å²) in [5.74, 6) is 0. The molecule has 1 aromatic carbocycles. The minimum Gasteiger partial charge on any atom is -0.378 e. The third kappa shape index (κ3) is 2.63.